The number of hydrogen-bond acceptors (Lipinski definition) is 6. The summed E-state index contributed by atoms with van der Waals surface area (Å²) in [5, 5.41) is 28.9. The first-order valence-corrected chi connectivity index (χ1v) is 12.4. The van der Waals surface area contributed by atoms with Gasteiger partial charge in [-0.05, 0) is 60.9 Å². The number of carboxylic acid groups (broad SMARTS) is 1. The molecule has 0 radical (unpaired) electrons. The number of aromatic carboxylic acids is 1. The average Bonchev–Trinajstić information content (AvgIpc) is 2.96. The molecule has 0 aliphatic rings. The van der Waals surface area contributed by atoms with E-state index in [9.17, 15) is 20.1 Å². The van der Waals surface area contributed by atoms with Crippen LogP contribution in [0.15, 0.2) is 93.7 Å². The summed E-state index contributed by atoms with van der Waals surface area (Å²) in [6, 6.07) is 25.1. The van der Waals surface area contributed by atoms with Gasteiger partial charge in [0.05, 0.1) is 11.1 Å². The molecule has 0 spiro atoms. The van der Waals surface area contributed by atoms with Crippen LogP contribution < -0.4 is 10.5 Å². The van der Waals surface area contributed by atoms with Crippen LogP contribution in [-0.2, 0) is 0 Å². The zero-order valence-electron chi connectivity index (χ0n) is 21.5. The summed E-state index contributed by atoms with van der Waals surface area (Å²) < 4.78 is 5.63. The van der Waals surface area contributed by atoms with Gasteiger partial charge in [-0.15, -0.1) is 0 Å². The summed E-state index contributed by atoms with van der Waals surface area (Å²) in [6.07, 6.45) is 3.29. The zero-order valence-corrected chi connectivity index (χ0v) is 21.5. The van der Waals surface area contributed by atoms with Crippen molar-refractivity contribution in [2.24, 2.45) is 0 Å². The maximum Gasteiger partial charge on any atom is 0.344 e. The van der Waals surface area contributed by atoms with Crippen LogP contribution in [-0.4, -0.2) is 24.2 Å². The van der Waals surface area contributed by atoms with Crippen LogP contribution in [0.3, 0.4) is 0 Å². The normalized spacial score (nSPS) is 10.7. The maximum atomic E-state index is 13.0. The number of fused-ring (bicyclic) bond motifs is 1. The fraction of sp³-hybridized carbons (Fsp3) is 0.125. The summed E-state index contributed by atoms with van der Waals surface area (Å²) in [7, 11) is 0. The molecule has 192 valence electrons. The summed E-state index contributed by atoms with van der Waals surface area (Å²) >= 11 is 0. The predicted molar refractivity (Wildman–Crippen MR) is 152 cm³/mol. The van der Waals surface area contributed by atoms with Crippen molar-refractivity contribution in [3.05, 3.63) is 112 Å². The highest BCUT2D eigenvalue weighted by Gasteiger charge is 2.15. The van der Waals surface area contributed by atoms with E-state index in [0.717, 1.165) is 35.5 Å². The molecule has 1 N–H and O–H groups in total. The third-order valence-electron chi connectivity index (χ3n) is 6.45. The molecule has 1 heterocycles. The Kier molecular flexibility index (Phi) is 8.04. The molecule has 1 aromatic heterocycles. The standard InChI is InChI=1S/C32H25N3O4/c1-3-35(4-2)27-15-14-25-17-29(32(38)39-30(25)18-27)28(26(19-33)20-34)16-7-21-5-8-22(9-6-21)23-10-12-24(13-11-23)31(36)37/h5-18H,3-4H2,1-2H3,(H,36,37). The van der Waals surface area contributed by atoms with Gasteiger partial charge in [-0.25, -0.2) is 9.59 Å². The van der Waals surface area contributed by atoms with E-state index in [4.69, 9.17) is 9.52 Å². The molecule has 7 nitrogen and oxygen atoms in total. The zero-order chi connectivity index (χ0) is 27.9. The van der Waals surface area contributed by atoms with Gasteiger partial charge in [0.25, 0.3) is 0 Å². The molecule has 0 unspecified atom stereocenters. The minimum atomic E-state index is -0.982. The number of nitrogens with zero attached hydrogens (tertiary/aromatic N) is 3. The van der Waals surface area contributed by atoms with Crippen LogP contribution in [0.2, 0.25) is 0 Å². The third-order valence-corrected chi connectivity index (χ3v) is 6.45. The summed E-state index contributed by atoms with van der Waals surface area (Å²) in [5.74, 6) is -0.982. The minimum absolute atomic E-state index is 0.127. The second-order valence-corrected chi connectivity index (χ2v) is 8.69. The summed E-state index contributed by atoms with van der Waals surface area (Å²) in [5.41, 5.74) is 3.59. The Morgan fingerprint density at radius 3 is 2.10 bits per heavy atom. The van der Waals surface area contributed by atoms with Crippen molar-refractivity contribution in [1.82, 2.24) is 0 Å². The Balaban J connectivity index is 1.68. The summed E-state index contributed by atoms with van der Waals surface area (Å²) in [4.78, 5) is 26.2. The van der Waals surface area contributed by atoms with E-state index in [-0.39, 0.29) is 22.3 Å². The lowest BCUT2D eigenvalue weighted by Crippen LogP contribution is -2.21. The van der Waals surface area contributed by atoms with Crippen LogP contribution in [0.5, 0.6) is 0 Å². The highest BCUT2D eigenvalue weighted by molar-refractivity contribution is 5.90. The monoisotopic (exact) mass is 515 g/mol. The topological polar surface area (TPSA) is 118 Å². The molecule has 7 heteroatoms. The van der Waals surface area contributed by atoms with E-state index in [0.29, 0.717) is 11.0 Å². The Morgan fingerprint density at radius 1 is 0.923 bits per heavy atom. The Hall–Kier alpha value is -5.40. The molecule has 0 saturated carbocycles. The highest BCUT2D eigenvalue weighted by Crippen LogP contribution is 2.27. The molecule has 39 heavy (non-hydrogen) atoms. The van der Waals surface area contributed by atoms with Gasteiger partial charge in [0.15, 0.2) is 0 Å². The maximum absolute atomic E-state index is 13.0. The van der Waals surface area contributed by atoms with Gasteiger partial charge in [0.1, 0.15) is 23.3 Å². The number of rotatable bonds is 8. The second-order valence-electron chi connectivity index (χ2n) is 8.69. The van der Waals surface area contributed by atoms with Gasteiger partial charge in [0, 0.05) is 35.8 Å². The number of hydrogen-bond donors (Lipinski definition) is 1. The van der Waals surface area contributed by atoms with Crippen molar-refractivity contribution in [1.29, 1.82) is 10.5 Å². The van der Waals surface area contributed by atoms with Gasteiger partial charge < -0.3 is 14.4 Å². The van der Waals surface area contributed by atoms with Crippen molar-refractivity contribution in [3.63, 3.8) is 0 Å². The Morgan fingerprint density at radius 2 is 1.54 bits per heavy atom. The van der Waals surface area contributed by atoms with E-state index in [2.05, 4.69) is 4.90 Å². The smallest absolute Gasteiger partial charge is 0.344 e. The number of benzene rings is 3. The Bertz CT molecular complexity index is 1710. The molecule has 3 aromatic carbocycles. The average molecular weight is 516 g/mol. The number of anilines is 1. The number of carbonyl (C=O) groups is 1. The SMILES string of the molecule is CCN(CC)c1ccc2cc(C(C=Cc3ccc(-c4ccc(C(=O)O)cc4)cc3)=C(C#N)C#N)c(=O)oc2c1. The van der Waals surface area contributed by atoms with Gasteiger partial charge in [0.2, 0.25) is 0 Å². The van der Waals surface area contributed by atoms with E-state index >= 15 is 0 Å². The third kappa shape index (κ3) is 5.79. The lowest BCUT2D eigenvalue weighted by Gasteiger charge is -2.21. The first kappa shape index (κ1) is 26.7. The fourth-order valence-electron chi connectivity index (χ4n) is 4.30. The van der Waals surface area contributed by atoms with Crippen molar-refractivity contribution >= 4 is 34.3 Å². The number of nitriles is 2. The molecule has 0 bridgehead atoms. The van der Waals surface area contributed by atoms with Crippen LogP contribution in [0.1, 0.15) is 35.3 Å². The van der Waals surface area contributed by atoms with Crippen LogP contribution in [0.25, 0.3) is 33.7 Å². The largest absolute Gasteiger partial charge is 0.478 e. The molecular weight excluding hydrogens is 490 g/mol. The van der Waals surface area contributed by atoms with Crippen LogP contribution in [0, 0.1) is 22.7 Å². The first-order chi connectivity index (χ1) is 18.9. The van der Waals surface area contributed by atoms with Crippen molar-refractivity contribution in [2.45, 2.75) is 13.8 Å². The molecule has 4 rings (SSSR count). The molecule has 0 aliphatic heterocycles. The predicted octanol–water partition coefficient (Wildman–Crippen LogP) is 6.52. The van der Waals surface area contributed by atoms with Crippen LogP contribution in [0.4, 0.5) is 5.69 Å². The molecule has 0 atom stereocenters. The van der Waals surface area contributed by atoms with Crippen molar-refractivity contribution < 1.29 is 14.3 Å². The summed E-state index contributed by atoms with van der Waals surface area (Å²) in [6.45, 7) is 5.73. The highest BCUT2D eigenvalue weighted by atomic mass is 16.4. The first-order valence-electron chi connectivity index (χ1n) is 12.4. The quantitative estimate of drug-likeness (QED) is 0.161. The van der Waals surface area contributed by atoms with Crippen molar-refractivity contribution in [3.8, 4) is 23.3 Å². The van der Waals surface area contributed by atoms with Crippen molar-refractivity contribution in [2.75, 3.05) is 18.0 Å². The molecule has 4 aromatic rings. The number of allylic oxidation sites excluding steroid dienone is 3. The molecular formula is C32H25N3O4. The van der Waals surface area contributed by atoms with Gasteiger partial charge >= 0.3 is 11.6 Å². The Labute approximate surface area is 225 Å². The lowest BCUT2D eigenvalue weighted by atomic mass is 9.99. The molecule has 0 saturated heterocycles. The van der Waals surface area contributed by atoms with Gasteiger partial charge in [-0.1, -0.05) is 48.6 Å². The minimum Gasteiger partial charge on any atom is -0.478 e. The lowest BCUT2D eigenvalue weighted by molar-refractivity contribution is 0.0697. The van der Waals surface area contributed by atoms with E-state index < -0.39 is 11.6 Å². The number of carboxylic acids is 1. The van der Waals surface area contributed by atoms with Gasteiger partial charge in [-0.2, -0.15) is 10.5 Å². The van der Waals surface area contributed by atoms with E-state index in [1.54, 1.807) is 42.5 Å². The van der Waals surface area contributed by atoms with Crippen LogP contribution >= 0.6 is 0 Å². The molecule has 0 aliphatic carbocycles. The van der Waals surface area contributed by atoms with Gasteiger partial charge in [-0.3, -0.25) is 0 Å². The van der Waals surface area contributed by atoms with E-state index in [1.807, 2.05) is 68.5 Å². The molecule has 0 amide bonds. The fourth-order valence-corrected chi connectivity index (χ4v) is 4.30. The second kappa shape index (κ2) is 11.8. The molecule has 0 fully saturated rings. The van der Waals surface area contributed by atoms with E-state index in [1.165, 1.54) is 0 Å².